The van der Waals surface area contributed by atoms with Crippen LogP contribution in [0.2, 0.25) is 0 Å². The van der Waals surface area contributed by atoms with Crippen LogP contribution in [0.25, 0.3) is 11.1 Å². The fraction of sp³-hybridized carbons (Fsp3) is 0.429. The molecule has 1 unspecified atom stereocenters. The van der Waals surface area contributed by atoms with Crippen molar-refractivity contribution in [3.63, 3.8) is 0 Å². The molecule has 0 spiro atoms. The predicted octanol–water partition coefficient (Wildman–Crippen LogP) is 3.63. The molecule has 2 aromatic rings. The molecule has 0 amide bonds. The fourth-order valence-electron chi connectivity index (χ4n) is 2.18. The Labute approximate surface area is 118 Å². The van der Waals surface area contributed by atoms with Crippen LogP contribution in [-0.4, -0.2) is 15.4 Å². The number of anilines is 2. The van der Waals surface area contributed by atoms with Crippen molar-refractivity contribution in [3.8, 4) is 11.1 Å². The van der Waals surface area contributed by atoms with E-state index < -0.39 is 0 Å². The minimum atomic E-state index is 0.398. The van der Waals surface area contributed by atoms with Gasteiger partial charge in [-0.05, 0) is 36.9 Å². The number of pyridine rings is 1. The molecule has 0 bridgehead atoms. The monoisotopic (exact) mass is 276 g/mol. The maximum Gasteiger partial charge on any atom is 0.147 e. The lowest BCUT2D eigenvalue weighted by Gasteiger charge is -2.16. The van der Waals surface area contributed by atoms with Crippen molar-refractivity contribution in [1.29, 1.82) is 0 Å². The normalized spacial score (nSPS) is 12.6. The Kier molecular flexibility index (Phi) is 4.37. The van der Waals surface area contributed by atoms with E-state index in [4.69, 9.17) is 5.73 Å². The van der Waals surface area contributed by atoms with E-state index in [1.165, 1.54) is 11.5 Å². The zero-order chi connectivity index (χ0) is 13.8. The molecule has 2 rings (SSSR count). The molecular formula is C14H20N4S. The van der Waals surface area contributed by atoms with Crippen LogP contribution in [0.3, 0.4) is 0 Å². The number of nitrogens with zero attached hydrogens (tertiary/aromatic N) is 2. The van der Waals surface area contributed by atoms with Gasteiger partial charge in [-0.1, -0.05) is 19.9 Å². The van der Waals surface area contributed by atoms with Crippen molar-refractivity contribution in [2.45, 2.75) is 33.2 Å². The summed E-state index contributed by atoms with van der Waals surface area (Å²) in [4.78, 5) is 4.14. The summed E-state index contributed by atoms with van der Waals surface area (Å²) in [6, 6.07) is 4.31. The highest BCUT2D eigenvalue weighted by Crippen LogP contribution is 2.36. The van der Waals surface area contributed by atoms with Gasteiger partial charge in [0.25, 0.3) is 0 Å². The molecule has 1 atom stereocenters. The van der Waals surface area contributed by atoms with Gasteiger partial charge >= 0.3 is 0 Å². The van der Waals surface area contributed by atoms with Crippen LogP contribution in [-0.2, 0) is 0 Å². The van der Waals surface area contributed by atoms with Gasteiger partial charge in [0.15, 0.2) is 0 Å². The van der Waals surface area contributed by atoms with Crippen LogP contribution in [0, 0.1) is 5.92 Å². The smallest absolute Gasteiger partial charge is 0.147 e. The number of hydrogen-bond donors (Lipinski definition) is 2. The first-order chi connectivity index (χ1) is 9.08. The van der Waals surface area contributed by atoms with Gasteiger partial charge < -0.3 is 11.1 Å². The first-order valence-electron chi connectivity index (χ1n) is 6.50. The fourth-order valence-corrected chi connectivity index (χ4v) is 3.03. The SMILES string of the molecule is CC(C)CC(C)Nc1snc(N)c1-c1cccnc1. The van der Waals surface area contributed by atoms with E-state index in [1.54, 1.807) is 6.20 Å². The van der Waals surface area contributed by atoms with Gasteiger partial charge in [0.05, 0.1) is 5.56 Å². The number of nitrogens with one attached hydrogen (secondary N) is 1. The third kappa shape index (κ3) is 3.44. The van der Waals surface area contributed by atoms with Crippen LogP contribution in [0.1, 0.15) is 27.2 Å². The zero-order valence-corrected chi connectivity index (χ0v) is 12.4. The summed E-state index contributed by atoms with van der Waals surface area (Å²) in [7, 11) is 0. The molecule has 19 heavy (non-hydrogen) atoms. The van der Waals surface area contributed by atoms with Crippen molar-refractivity contribution >= 4 is 22.4 Å². The number of nitrogen functional groups attached to an aromatic ring is 1. The number of nitrogens with two attached hydrogens (primary N) is 1. The van der Waals surface area contributed by atoms with Gasteiger partial charge in [-0.25, -0.2) is 0 Å². The number of rotatable bonds is 5. The van der Waals surface area contributed by atoms with Crippen LogP contribution in [0.4, 0.5) is 10.8 Å². The van der Waals surface area contributed by atoms with Gasteiger partial charge in [0.1, 0.15) is 10.8 Å². The lowest BCUT2D eigenvalue weighted by molar-refractivity contribution is 0.540. The average Bonchev–Trinajstić information content (AvgIpc) is 2.70. The van der Waals surface area contributed by atoms with E-state index >= 15 is 0 Å². The zero-order valence-electron chi connectivity index (χ0n) is 11.6. The van der Waals surface area contributed by atoms with Crippen molar-refractivity contribution in [1.82, 2.24) is 9.36 Å². The van der Waals surface area contributed by atoms with E-state index in [9.17, 15) is 0 Å². The molecule has 102 valence electrons. The van der Waals surface area contributed by atoms with E-state index in [1.807, 2.05) is 18.3 Å². The van der Waals surface area contributed by atoms with Crippen LogP contribution >= 0.6 is 11.5 Å². The van der Waals surface area contributed by atoms with Gasteiger partial charge in [0.2, 0.25) is 0 Å². The first-order valence-corrected chi connectivity index (χ1v) is 7.27. The third-order valence-corrected chi connectivity index (χ3v) is 3.66. The lowest BCUT2D eigenvalue weighted by Crippen LogP contribution is -2.17. The van der Waals surface area contributed by atoms with Crippen molar-refractivity contribution in [2.24, 2.45) is 5.92 Å². The van der Waals surface area contributed by atoms with Gasteiger partial charge in [0, 0.05) is 24.0 Å². The molecule has 0 fully saturated rings. The molecule has 3 N–H and O–H groups in total. The minimum Gasteiger partial charge on any atom is -0.382 e. The molecule has 0 aliphatic rings. The Bertz CT molecular complexity index is 521. The van der Waals surface area contributed by atoms with Gasteiger partial charge in [-0.2, -0.15) is 4.37 Å². The Hall–Kier alpha value is -1.62. The summed E-state index contributed by atoms with van der Waals surface area (Å²) in [5.74, 6) is 1.23. The minimum absolute atomic E-state index is 0.398. The molecular weight excluding hydrogens is 256 g/mol. The van der Waals surface area contributed by atoms with Crippen molar-refractivity contribution in [3.05, 3.63) is 24.5 Å². The quantitative estimate of drug-likeness (QED) is 0.875. The largest absolute Gasteiger partial charge is 0.382 e. The third-order valence-electron chi connectivity index (χ3n) is 2.87. The highest BCUT2D eigenvalue weighted by molar-refractivity contribution is 7.11. The van der Waals surface area contributed by atoms with Crippen LogP contribution < -0.4 is 11.1 Å². The van der Waals surface area contributed by atoms with Crippen LogP contribution in [0.5, 0.6) is 0 Å². The highest BCUT2D eigenvalue weighted by Gasteiger charge is 2.15. The summed E-state index contributed by atoms with van der Waals surface area (Å²) in [6.45, 7) is 6.63. The molecule has 0 aliphatic heterocycles. The molecule has 2 aromatic heterocycles. The second-order valence-corrected chi connectivity index (χ2v) is 5.96. The van der Waals surface area contributed by atoms with Gasteiger partial charge in [-0.15, -0.1) is 0 Å². The van der Waals surface area contributed by atoms with E-state index in [0.29, 0.717) is 17.8 Å². The summed E-state index contributed by atoms with van der Waals surface area (Å²) in [5.41, 5.74) is 7.96. The standard InChI is InChI=1S/C14H20N4S/c1-9(2)7-10(3)17-14-12(13(15)18-19-14)11-5-4-6-16-8-11/h4-6,8-10,17H,7H2,1-3H3,(H2,15,18). The van der Waals surface area contributed by atoms with Crippen LogP contribution in [0.15, 0.2) is 24.5 Å². The van der Waals surface area contributed by atoms with E-state index in [2.05, 4.69) is 35.4 Å². The lowest BCUT2D eigenvalue weighted by atomic mass is 10.0. The van der Waals surface area contributed by atoms with E-state index in [-0.39, 0.29) is 0 Å². The summed E-state index contributed by atoms with van der Waals surface area (Å²) < 4.78 is 4.25. The van der Waals surface area contributed by atoms with Crippen molar-refractivity contribution < 1.29 is 0 Å². The molecule has 0 radical (unpaired) electrons. The van der Waals surface area contributed by atoms with E-state index in [0.717, 1.165) is 22.5 Å². The maximum atomic E-state index is 5.98. The second kappa shape index (κ2) is 6.02. The first kappa shape index (κ1) is 13.8. The summed E-state index contributed by atoms with van der Waals surface area (Å²) >= 11 is 1.41. The second-order valence-electron chi connectivity index (χ2n) is 5.19. The molecule has 2 heterocycles. The van der Waals surface area contributed by atoms with Gasteiger partial charge in [-0.3, -0.25) is 4.98 Å². The number of aromatic nitrogens is 2. The summed E-state index contributed by atoms with van der Waals surface area (Å²) in [5, 5.41) is 4.54. The highest BCUT2D eigenvalue weighted by atomic mass is 32.1. The molecule has 0 saturated heterocycles. The molecule has 0 saturated carbocycles. The number of hydrogen-bond acceptors (Lipinski definition) is 5. The molecule has 0 aliphatic carbocycles. The molecule has 4 nitrogen and oxygen atoms in total. The topological polar surface area (TPSA) is 63.8 Å². The Morgan fingerprint density at radius 3 is 2.79 bits per heavy atom. The van der Waals surface area contributed by atoms with Crippen molar-refractivity contribution in [2.75, 3.05) is 11.1 Å². The Balaban J connectivity index is 2.23. The maximum absolute atomic E-state index is 5.98. The Morgan fingerprint density at radius 1 is 1.37 bits per heavy atom. The predicted molar refractivity (Wildman–Crippen MR) is 82.3 cm³/mol. The summed E-state index contributed by atoms with van der Waals surface area (Å²) in [6.07, 6.45) is 4.69. The average molecular weight is 276 g/mol. The Morgan fingerprint density at radius 2 is 2.16 bits per heavy atom. The molecule has 5 heteroatoms. The molecule has 0 aromatic carbocycles.